The lowest BCUT2D eigenvalue weighted by Gasteiger charge is -2.10. The third-order valence-corrected chi connectivity index (χ3v) is 3.53. The number of nitrogens with zero attached hydrogens (tertiary/aromatic N) is 3. The molecule has 0 amide bonds. The maximum Gasteiger partial charge on any atom is 0.0992 e. The van der Waals surface area contributed by atoms with E-state index >= 15 is 0 Å². The van der Waals surface area contributed by atoms with Gasteiger partial charge in [0.05, 0.1) is 23.9 Å². The fraction of sp³-hybridized carbons (Fsp3) is 0.375. The zero-order valence-electron chi connectivity index (χ0n) is 12.2. The van der Waals surface area contributed by atoms with Gasteiger partial charge in [0.25, 0.3) is 0 Å². The van der Waals surface area contributed by atoms with Gasteiger partial charge in [-0.15, -0.1) is 0 Å². The van der Waals surface area contributed by atoms with Crippen molar-refractivity contribution < 1.29 is 0 Å². The van der Waals surface area contributed by atoms with Crippen LogP contribution in [-0.2, 0) is 6.54 Å². The van der Waals surface area contributed by atoms with E-state index in [1.54, 1.807) is 0 Å². The van der Waals surface area contributed by atoms with E-state index < -0.39 is 0 Å². The summed E-state index contributed by atoms with van der Waals surface area (Å²) in [5.41, 5.74) is 3.79. The molecule has 2 aromatic rings. The maximum atomic E-state index is 8.94. The minimum atomic E-state index is 0.424. The highest BCUT2D eigenvalue weighted by Crippen LogP contribution is 2.17. The third-order valence-electron chi connectivity index (χ3n) is 3.53. The molecule has 1 aromatic carbocycles. The molecule has 20 heavy (non-hydrogen) atoms. The third kappa shape index (κ3) is 3.18. The average molecular weight is 268 g/mol. The van der Waals surface area contributed by atoms with Crippen LogP contribution in [0.15, 0.2) is 30.5 Å². The SMILES string of the molecule is CCC(C)n1ccc(CNc2cc(C#N)ccc2C)n1. The van der Waals surface area contributed by atoms with E-state index in [2.05, 4.69) is 30.3 Å². The number of hydrogen-bond acceptors (Lipinski definition) is 3. The standard InChI is InChI=1S/C16H20N4/c1-4-13(3)20-8-7-15(19-20)11-18-16-9-14(10-17)6-5-12(16)2/h5-9,13,18H,4,11H2,1-3H3. The topological polar surface area (TPSA) is 53.6 Å². The van der Waals surface area contributed by atoms with E-state index in [0.29, 0.717) is 18.2 Å². The Morgan fingerprint density at radius 2 is 2.20 bits per heavy atom. The molecule has 1 N–H and O–H groups in total. The van der Waals surface area contributed by atoms with Crippen molar-refractivity contribution in [3.05, 3.63) is 47.3 Å². The van der Waals surface area contributed by atoms with Gasteiger partial charge in [0.15, 0.2) is 0 Å². The van der Waals surface area contributed by atoms with Crippen molar-refractivity contribution in [1.29, 1.82) is 5.26 Å². The molecule has 1 aromatic heterocycles. The Kier molecular flexibility index (Phi) is 4.41. The van der Waals surface area contributed by atoms with Crippen molar-refractivity contribution >= 4 is 5.69 Å². The molecular weight excluding hydrogens is 248 g/mol. The van der Waals surface area contributed by atoms with Crippen LogP contribution in [-0.4, -0.2) is 9.78 Å². The molecule has 0 aliphatic carbocycles. The van der Waals surface area contributed by atoms with E-state index in [4.69, 9.17) is 5.26 Å². The van der Waals surface area contributed by atoms with Gasteiger partial charge < -0.3 is 5.32 Å². The molecule has 0 saturated carbocycles. The zero-order chi connectivity index (χ0) is 14.5. The van der Waals surface area contributed by atoms with Crippen molar-refractivity contribution in [3.8, 4) is 6.07 Å². The lowest BCUT2D eigenvalue weighted by Crippen LogP contribution is -2.07. The molecule has 2 rings (SSSR count). The van der Waals surface area contributed by atoms with Gasteiger partial charge in [-0.05, 0) is 44.0 Å². The van der Waals surface area contributed by atoms with E-state index in [1.165, 1.54) is 0 Å². The Balaban J connectivity index is 2.05. The molecule has 0 bridgehead atoms. The fourth-order valence-corrected chi connectivity index (χ4v) is 1.97. The predicted molar refractivity (Wildman–Crippen MR) is 80.4 cm³/mol. The number of nitriles is 1. The molecule has 1 heterocycles. The Hall–Kier alpha value is -2.28. The average Bonchev–Trinajstić information content (AvgIpc) is 2.94. The van der Waals surface area contributed by atoms with Crippen LogP contribution in [0.1, 0.15) is 43.1 Å². The van der Waals surface area contributed by atoms with Crippen molar-refractivity contribution in [3.63, 3.8) is 0 Å². The van der Waals surface area contributed by atoms with Gasteiger partial charge in [-0.1, -0.05) is 13.0 Å². The molecule has 4 heteroatoms. The van der Waals surface area contributed by atoms with Gasteiger partial charge in [0.2, 0.25) is 0 Å². The highest BCUT2D eigenvalue weighted by molar-refractivity contribution is 5.55. The van der Waals surface area contributed by atoms with Crippen LogP contribution in [0.25, 0.3) is 0 Å². The molecule has 0 aliphatic heterocycles. The maximum absolute atomic E-state index is 8.94. The second kappa shape index (κ2) is 6.25. The second-order valence-corrected chi connectivity index (χ2v) is 5.04. The summed E-state index contributed by atoms with van der Waals surface area (Å²) in [5, 5.41) is 16.8. The van der Waals surface area contributed by atoms with E-state index in [-0.39, 0.29) is 0 Å². The normalized spacial score (nSPS) is 11.9. The monoisotopic (exact) mass is 268 g/mol. The highest BCUT2D eigenvalue weighted by Gasteiger charge is 2.05. The first-order valence-electron chi connectivity index (χ1n) is 6.92. The van der Waals surface area contributed by atoms with Gasteiger partial charge in [0, 0.05) is 17.9 Å². The van der Waals surface area contributed by atoms with Crippen LogP contribution in [0.3, 0.4) is 0 Å². The Morgan fingerprint density at radius 1 is 1.40 bits per heavy atom. The van der Waals surface area contributed by atoms with Crippen molar-refractivity contribution in [2.45, 2.75) is 39.8 Å². The van der Waals surface area contributed by atoms with Gasteiger partial charge >= 0.3 is 0 Å². The zero-order valence-corrected chi connectivity index (χ0v) is 12.2. The number of benzene rings is 1. The number of aromatic nitrogens is 2. The van der Waals surface area contributed by atoms with Crippen LogP contribution >= 0.6 is 0 Å². The minimum Gasteiger partial charge on any atom is -0.379 e. The van der Waals surface area contributed by atoms with Gasteiger partial charge in [0.1, 0.15) is 0 Å². The van der Waals surface area contributed by atoms with Crippen molar-refractivity contribution in [1.82, 2.24) is 9.78 Å². The first kappa shape index (κ1) is 14.1. The summed E-state index contributed by atoms with van der Waals surface area (Å²) in [7, 11) is 0. The van der Waals surface area contributed by atoms with Crippen LogP contribution in [0.2, 0.25) is 0 Å². The molecular formula is C16H20N4. The molecule has 0 radical (unpaired) electrons. The number of aryl methyl sites for hydroxylation is 1. The van der Waals surface area contributed by atoms with Gasteiger partial charge in [-0.2, -0.15) is 10.4 Å². The van der Waals surface area contributed by atoms with Crippen molar-refractivity contribution in [2.75, 3.05) is 5.32 Å². The van der Waals surface area contributed by atoms with E-state index in [0.717, 1.165) is 23.4 Å². The van der Waals surface area contributed by atoms with Crippen LogP contribution < -0.4 is 5.32 Å². The number of anilines is 1. The molecule has 0 fully saturated rings. The first-order valence-corrected chi connectivity index (χ1v) is 6.92. The molecule has 1 atom stereocenters. The molecule has 4 nitrogen and oxygen atoms in total. The molecule has 0 aliphatic rings. The Bertz CT molecular complexity index is 622. The van der Waals surface area contributed by atoms with E-state index in [9.17, 15) is 0 Å². The summed E-state index contributed by atoms with van der Waals surface area (Å²) in [5.74, 6) is 0. The van der Waals surface area contributed by atoms with Crippen LogP contribution in [0.5, 0.6) is 0 Å². The number of rotatable bonds is 5. The van der Waals surface area contributed by atoms with Crippen LogP contribution in [0, 0.1) is 18.3 Å². The Morgan fingerprint density at radius 3 is 2.90 bits per heavy atom. The smallest absolute Gasteiger partial charge is 0.0992 e. The largest absolute Gasteiger partial charge is 0.379 e. The molecule has 0 saturated heterocycles. The highest BCUT2D eigenvalue weighted by atomic mass is 15.3. The summed E-state index contributed by atoms with van der Waals surface area (Å²) in [6.07, 6.45) is 3.08. The van der Waals surface area contributed by atoms with E-state index in [1.807, 2.05) is 42.1 Å². The fourth-order valence-electron chi connectivity index (χ4n) is 1.97. The first-order chi connectivity index (χ1) is 9.63. The molecule has 0 spiro atoms. The number of nitrogens with one attached hydrogen (secondary N) is 1. The second-order valence-electron chi connectivity index (χ2n) is 5.04. The molecule has 104 valence electrons. The predicted octanol–water partition coefficient (Wildman–Crippen LogP) is 3.65. The minimum absolute atomic E-state index is 0.424. The van der Waals surface area contributed by atoms with Gasteiger partial charge in [-0.3, -0.25) is 4.68 Å². The summed E-state index contributed by atoms with van der Waals surface area (Å²) in [6, 6.07) is 10.3. The molecule has 1 unspecified atom stereocenters. The summed E-state index contributed by atoms with van der Waals surface area (Å²) >= 11 is 0. The van der Waals surface area contributed by atoms with Crippen molar-refractivity contribution in [2.24, 2.45) is 0 Å². The summed E-state index contributed by atoms with van der Waals surface area (Å²) in [4.78, 5) is 0. The van der Waals surface area contributed by atoms with Gasteiger partial charge in [-0.25, -0.2) is 0 Å². The summed E-state index contributed by atoms with van der Waals surface area (Å²) in [6.45, 7) is 7.01. The number of hydrogen-bond donors (Lipinski definition) is 1. The summed E-state index contributed by atoms with van der Waals surface area (Å²) < 4.78 is 2.00. The quantitative estimate of drug-likeness (QED) is 0.900. The lowest BCUT2D eigenvalue weighted by molar-refractivity contribution is 0.474. The Labute approximate surface area is 120 Å². The lowest BCUT2D eigenvalue weighted by atomic mass is 10.1. The van der Waals surface area contributed by atoms with Crippen LogP contribution in [0.4, 0.5) is 5.69 Å².